The number of hydrogen-bond acceptors (Lipinski definition) is 8. The lowest BCUT2D eigenvalue weighted by atomic mass is 10.1. The Hall–Kier alpha value is -4.19. The van der Waals surface area contributed by atoms with Crippen LogP contribution in [0.5, 0.6) is 0 Å². The molecule has 0 aliphatic heterocycles. The zero-order chi connectivity index (χ0) is 24.7. The van der Waals surface area contributed by atoms with Gasteiger partial charge in [-0.1, -0.05) is 30.0 Å². The minimum absolute atomic E-state index is 0.0807. The van der Waals surface area contributed by atoms with Gasteiger partial charge < -0.3 is 19.9 Å². The van der Waals surface area contributed by atoms with Gasteiger partial charge in [-0.25, -0.2) is 9.78 Å². The molecule has 12 heteroatoms. The van der Waals surface area contributed by atoms with Crippen molar-refractivity contribution in [2.24, 2.45) is 7.05 Å². The van der Waals surface area contributed by atoms with Gasteiger partial charge in [0.1, 0.15) is 0 Å². The van der Waals surface area contributed by atoms with Gasteiger partial charge in [0.25, 0.3) is 11.6 Å². The highest BCUT2D eigenvalue weighted by molar-refractivity contribution is 7.99. The molecule has 0 aliphatic carbocycles. The van der Waals surface area contributed by atoms with Gasteiger partial charge in [-0.15, -0.1) is 0 Å². The third-order valence-electron chi connectivity index (χ3n) is 4.64. The summed E-state index contributed by atoms with van der Waals surface area (Å²) in [4.78, 5) is 51.7. The van der Waals surface area contributed by atoms with Crippen LogP contribution >= 0.6 is 11.8 Å². The van der Waals surface area contributed by atoms with Crippen molar-refractivity contribution in [2.45, 2.75) is 12.1 Å². The van der Waals surface area contributed by atoms with E-state index in [1.165, 1.54) is 43.0 Å². The van der Waals surface area contributed by atoms with Gasteiger partial charge in [0, 0.05) is 25.5 Å². The minimum Gasteiger partial charge on any atom is -0.452 e. The van der Waals surface area contributed by atoms with E-state index in [-0.39, 0.29) is 39.8 Å². The molecule has 0 saturated carbocycles. The molecule has 34 heavy (non-hydrogen) atoms. The van der Waals surface area contributed by atoms with Crippen molar-refractivity contribution in [2.75, 3.05) is 23.0 Å². The Morgan fingerprint density at radius 1 is 1.09 bits per heavy atom. The van der Waals surface area contributed by atoms with Crippen LogP contribution < -0.4 is 10.6 Å². The third kappa shape index (κ3) is 6.19. The lowest BCUT2D eigenvalue weighted by molar-refractivity contribution is -0.385. The number of para-hydroxylation sites is 1. The Balaban J connectivity index is 1.57. The zero-order valence-electron chi connectivity index (χ0n) is 18.3. The molecule has 0 saturated heterocycles. The van der Waals surface area contributed by atoms with E-state index in [1.807, 2.05) is 7.05 Å². The van der Waals surface area contributed by atoms with Crippen LogP contribution in [0.3, 0.4) is 0 Å². The second kappa shape index (κ2) is 11.1. The SMILES string of the molecule is Cc1c(NC(=O)COC(=O)c2ccccc2NC(=O)CSc2nccn2C)cccc1[N+](=O)[O-]. The minimum atomic E-state index is -0.807. The van der Waals surface area contributed by atoms with Crippen molar-refractivity contribution < 1.29 is 24.0 Å². The summed E-state index contributed by atoms with van der Waals surface area (Å²) in [7, 11) is 1.81. The largest absolute Gasteiger partial charge is 0.452 e. The number of thioether (sulfide) groups is 1. The predicted octanol–water partition coefficient (Wildman–Crippen LogP) is 3.16. The summed E-state index contributed by atoms with van der Waals surface area (Å²) in [5.41, 5.74) is 0.711. The highest BCUT2D eigenvalue weighted by Crippen LogP contribution is 2.25. The summed E-state index contributed by atoms with van der Waals surface area (Å²) in [6, 6.07) is 10.5. The monoisotopic (exact) mass is 483 g/mol. The number of anilines is 2. The number of rotatable bonds is 9. The van der Waals surface area contributed by atoms with E-state index in [9.17, 15) is 24.5 Å². The standard InChI is InChI=1S/C22H21N5O6S/c1-14-16(8-5-9-18(14)27(31)32)24-19(28)12-33-21(30)15-6-3-4-7-17(15)25-20(29)13-34-22-23-10-11-26(22)2/h3-11H,12-13H2,1-2H3,(H,24,28)(H,25,29). The number of carbonyl (C=O) groups excluding carboxylic acids is 3. The summed E-state index contributed by atoms with van der Waals surface area (Å²) in [5.74, 6) is -1.73. The Labute approximate surface area is 198 Å². The smallest absolute Gasteiger partial charge is 0.340 e. The summed E-state index contributed by atoms with van der Waals surface area (Å²) in [5, 5.41) is 16.9. The fraction of sp³-hybridized carbons (Fsp3) is 0.182. The van der Waals surface area contributed by atoms with Crippen molar-refractivity contribution in [1.29, 1.82) is 0 Å². The summed E-state index contributed by atoms with van der Waals surface area (Å²) in [6.07, 6.45) is 3.39. The Bertz CT molecular complexity index is 1240. The van der Waals surface area contributed by atoms with Gasteiger partial charge in [0.2, 0.25) is 5.91 Å². The molecular weight excluding hydrogens is 462 g/mol. The molecule has 0 fully saturated rings. The van der Waals surface area contributed by atoms with Gasteiger partial charge in [-0.2, -0.15) is 0 Å². The van der Waals surface area contributed by atoms with E-state index < -0.39 is 23.4 Å². The van der Waals surface area contributed by atoms with E-state index in [4.69, 9.17) is 4.74 Å². The number of carbonyl (C=O) groups is 3. The Kier molecular flexibility index (Phi) is 7.98. The zero-order valence-corrected chi connectivity index (χ0v) is 19.1. The van der Waals surface area contributed by atoms with Crippen LogP contribution in [0.4, 0.5) is 17.1 Å². The normalized spacial score (nSPS) is 10.4. The van der Waals surface area contributed by atoms with Crippen molar-refractivity contribution >= 4 is 46.6 Å². The van der Waals surface area contributed by atoms with E-state index >= 15 is 0 Å². The molecule has 0 radical (unpaired) electrons. The molecule has 1 heterocycles. The van der Waals surface area contributed by atoms with Crippen LogP contribution in [0.15, 0.2) is 60.0 Å². The molecule has 0 spiro atoms. The van der Waals surface area contributed by atoms with Crippen molar-refractivity contribution in [3.8, 4) is 0 Å². The quantitative estimate of drug-likeness (QED) is 0.204. The van der Waals surface area contributed by atoms with E-state index in [1.54, 1.807) is 35.2 Å². The molecule has 0 bridgehead atoms. The molecule has 3 rings (SSSR count). The molecule has 3 aromatic rings. The number of nitrogens with one attached hydrogen (secondary N) is 2. The van der Waals surface area contributed by atoms with Crippen LogP contribution in [0.1, 0.15) is 15.9 Å². The first-order valence-electron chi connectivity index (χ1n) is 9.96. The average Bonchev–Trinajstić information content (AvgIpc) is 3.22. The maximum absolute atomic E-state index is 12.5. The second-order valence-electron chi connectivity index (χ2n) is 7.03. The number of benzene rings is 2. The Morgan fingerprint density at radius 2 is 1.79 bits per heavy atom. The summed E-state index contributed by atoms with van der Waals surface area (Å²) in [6.45, 7) is 0.892. The van der Waals surface area contributed by atoms with Gasteiger partial charge in [0.05, 0.1) is 33.2 Å². The third-order valence-corrected chi connectivity index (χ3v) is 5.70. The number of ether oxygens (including phenoxy) is 1. The van der Waals surface area contributed by atoms with Crippen LogP contribution in [0.2, 0.25) is 0 Å². The van der Waals surface area contributed by atoms with Gasteiger partial charge >= 0.3 is 5.97 Å². The predicted molar refractivity (Wildman–Crippen MR) is 126 cm³/mol. The number of aromatic nitrogens is 2. The van der Waals surface area contributed by atoms with Gasteiger partial charge in [-0.3, -0.25) is 19.7 Å². The lowest BCUT2D eigenvalue weighted by Crippen LogP contribution is -2.22. The van der Waals surface area contributed by atoms with E-state index in [2.05, 4.69) is 15.6 Å². The molecule has 0 aliphatic rings. The number of amides is 2. The summed E-state index contributed by atoms with van der Waals surface area (Å²) < 4.78 is 6.86. The fourth-order valence-corrected chi connectivity index (χ4v) is 3.66. The molecule has 0 unspecified atom stereocenters. The fourth-order valence-electron chi connectivity index (χ4n) is 2.93. The highest BCUT2D eigenvalue weighted by atomic mass is 32.2. The van der Waals surface area contributed by atoms with Crippen LogP contribution in [-0.2, 0) is 21.4 Å². The first-order valence-corrected chi connectivity index (χ1v) is 10.9. The average molecular weight is 484 g/mol. The molecule has 2 amide bonds. The first kappa shape index (κ1) is 24.5. The van der Waals surface area contributed by atoms with E-state index in [0.717, 1.165) is 0 Å². The Morgan fingerprint density at radius 3 is 2.50 bits per heavy atom. The number of nitrogens with zero attached hydrogens (tertiary/aromatic N) is 3. The number of nitro groups is 1. The second-order valence-corrected chi connectivity index (χ2v) is 7.98. The topological polar surface area (TPSA) is 145 Å². The van der Waals surface area contributed by atoms with Gasteiger partial charge in [0.15, 0.2) is 11.8 Å². The molecule has 1 aromatic heterocycles. The summed E-state index contributed by atoms with van der Waals surface area (Å²) >= 11 is 1.24. The van der Waals surface area contributed by atoms with Crippen molar-refractivity contribution in [3.05, 3.63) is 76.1 Å². The molecule has 176 valence electrons. The maximum atomic E-state index is 12.5. The van der Waals surface area contributed by atoms with Crippen LogP contribution in [-0.4, -0.2) is 44.6 Å². The van der Waals surface area contributed by atoms with Crippen molar-refractivity contribution in [1.82, 2.24) is 9.55 Å². The van der Waals surface area contributed by atoms with Crippen LogP contribution in [0.25, 0.3) is 0 Å². The number of esters is 1. The first-order chi connectivity index (χ1) is 16.3. The number of hydrogen-bond donors (Lipinski definition) is 2. The molecule has 0 atom stereocenters. The van der Waals surface area contributed by atoms with Crippen LogP contribution in [0, 0.1) is 17.0 Å². The number of aryl methyl sites for hydroxylation is 1. The lowest BCUT2D eigenvalue weighted by Gasteiger charge is -2.12. The van der Waals surface area contributed by atoms with Gasteiger partial charge in [-0.05, 0) is 25.1 Å². The molecular formula is C22H21N5O6S. The van der Waals surface area contributed by atoms with Crippen molar-refractivity contribution in [3.63, 3.8) is 0 Å². The molecule has 2 N–H and O–H groups in total. The molecule has 2 aromatic carbocycles. The van der Waals surface area contributed by atoms with E-state index in [0.29, 0.717) is 5.16 Å². The number of imidazole rings is 1. The maximum Gasteiger partial charge on any atom is 0.340 e. The number of nitro benzene ring substituents is 1. The molecule has 11 nitrogen and oxygen atoms in total. The highest BCUT2D eigenvalue weighted by Gasteiger charge is 2.18.